The third-order valence-electron chi connectivity index (χ3n) is 11.9. The SMILES string of the molecule is CC[C@H]1OC(=O)[C@H](C)C(=O)[C@H](C)[C@@H](O[C@@H]2O[C@H](C)C[C@H](N(C)C)[C@H]2O)[C@](C)(OC/C=C/c2ccc3cccnc3c2)C[C@@H](C)C(=O)[C@H](C)[C@H]2NC(=O)O[C@@]21C. The van der Waals surface area contributed by atoms with Crippen LogP contribution < -0.4 is 5.32 Å². The van der Waals surface area contributed by atoms with Crippen molar-refractivity contribution in [3.8, 4) is 0 Å². The summed E-state index contributed by atoms with van der Waals surface area (Å²) >= 11 is 0. The molecule has 4 heterocycles. The van der Waals surface area contributed by atoms with E-state index in [2.05, 4.69) is 10.3 Å². The maximum atomic E-state index is 14.4. The number of nitrogens with zero attached hydrogens (tertiary/aromatic N) is 2. The number of benzene rings is 1. The Morgan fingerprint density at radius 3 is 2.45 bits per heavy atom. The number of carbonyl (C=O) groups excluding carboxylic acids is 4. The summed E-state index contributed by atoms with van der Waals surface area (Å²) in [5, 5.41) is 15.4. The lowest BCUT2D eigenvalue weighted by Crippen LogP contribution is -2.60. The fourth-order valence-corrected chi connectivity index (χ4v) is 8.74. The normalized spacial score (nSPS) is 38.1. The Morgan fingerprint density at radius 1 is 1.04 bits per heavy atom. The lowest BCUT2D eigenvalue weighted by atomic mass is 9.73. The molecule has 1 aromatic heterocycles. The number of likely N-dealkylation sites (N-methyl/N-ethyl adjacent to an activating group) is 1. The monoisotopic (exact) mass is 765 g/mol. The lowest BCUT2D eigenvalue weighted by Gasteiger charge is -2.47. The smallest absolute Gasteiger partial charge is 0.408 e. The summed E-state index contributed by atoms with van der Waals surface area (Å²) in [6.07, 6.45) is 1.14. The molecule has 2 aromatic rings. The zero-order valence-corrected chi connectivity index (χ0v) is 33.8. The average molecular weight is 766 g/mol. The number of nitrogens with one attached hydrogen (secondary N) is 1. The summed E-state index contributed by atoms with van der Waals surface area (Å²) in [4.78, 5) is 61.7. The van der Waals surface area contributed by atoms with Crippen LogP contribution in [0, 0.1) is 23.7 Å². The van der Waals surface area contributed by atoms with Gasteiger partial charge >= 0.3 is 12.1 Å². The van der Waals surface area contributed by atoms with Gasteiger partial charge in [-0.05, 0) is 78.7 Å². The predicted octanol–water partition coefficient (Wildman–Crippen LogP) is 5.11. The molecule has 55 heavy (non-hydrogen) atoms. The standard InChI is InChI=1S/C42H59N3O10/c1-11-32-42(8)36(44-40(50)55-42)25(4)33(46)23(2)22-41(7,51-19-13-14-28-16-17-29-15-12-18-43-30(29)21-28)37(26(5)34(47)27(6)38(49)53-32)54-39-35(48)31(45(9)10)20-24(3)52-39/h12-18,21,23-27,31-32,35-37,39,48H,11,19-20,22H2,1-10H3,(H,44,50)/b14-13+/t23-,24-,25+,26+,27-,31+,32-,35-,36-,37-,39+,41-,42-/m1/s1. The number of rotatable bonds is 8. The number of hydrogen-bond donors (Lipinski definition) is 2. The fourth-order valence-electron chi connectivity index (χ4n) is 8.74. The number of cyclic esters (lactones) is 1. The first-order chi connectivity index (χ1) is 25.9. The largest absolute Gasteiger partial charge is 0.458 e. The molecule has 0 saturated carbocycles. The van der Waals surface area contributed by atoms with Gasteiger partial charge in [-0.3, -0.25) is 19.4 Å². The van der Waals surface area contributed by atoms with Crippen molar-refractivity contribution in [3.05, 3.63) is 48.2 Å². The van der Waals surface area contributed by atoms with Crippen LogP contribution in [0.25, 0.3) is 17.0 Å². The van der Waals surface area contributed by atoms with Crippen molar-refractivity contribution < 1.29 is 48.0 Å². The van der Waals surface area contributed by atoms with Crippen LogP contribution in [0.3, 0.4) is 0 Å². The molecule has 13 heteroatoms. The van der Waals surface area contributed by atoms with E-state index in [1.54, 1.807) is 47.7 Å². The second kappa shape index (κ2) is 17.2. The van der Waals surface area contributed by atoms with Gasteiger partial charge in [0.1, 0.15) is 23.9 Å². The van der Waals surface area contributed by atoms with Gasteiger partial charge in [-0.25, -0.2) is 4.79 Å². The van der Waals surface area contributed by atoms with E-state index in [4.69, 9.17) is 23.7 Å². The van der Waals surface area contributed by atoms with Crippen molar-refractivity contribution in [1.29, 1.82) is 0 Å². The fraction of sp³-hybridized carbons (Fsp3) is 0.643. The Morgan fingerprint density at radius 2 is 1.76 bits per heavy atom. The Kier molecular flexibility index (Phi) is 13.2. The number of aliphatic hydroxyl groups excluding tert-OH is 1. The number of ether oxygens (including phenoxy) is 5. The summed E-state index contributed by atoms with van der Waals surface area (Å²) in [6, 6.07) is 8.68. The van der Waals surface area contributed by atoms with E-state index in [9.17, 15) is 24.3 Å². The Balaban J connectivity index is 1.56. The minimum atomic E-state index is -1.38. The van der Waals surface area contributed by atoms with Crippen LogP contribution in [-0.4, -0.2) is 113 Å². The number of hydrogen-bond acceptors (Lipinski definition) is 12. The van der Waals surface area contributed by atoms with E-state index in [0.29, 0.717) is 6.42 Å². The van der Waals surface area contributed by atoms with Gasteiger partial charge < -0.3 is 39.0 Å². The van der Waals surface area contributed by atoms with Crippen LogP contribution in [-0.2, 0) is 38.1 Å². The van der Waals surface area contributed by atoms with Gasteiger partial charge in [0.15, 0.2) is 17.7 Å². The van der Waals surface area contributed by atoms with Crippen LogP contribution >= 0.6 is 0 Å². The molecule has 3 fully saturated rings. The molecule has 302 valence electrons. The maximum absolute atomic E-state index is 14.4. The van der Waals surface area contributed by atoms with Gasteiger partial charge in [0, 0.05) is 35.4 Å². The number of alkyl carbamates (subject to hydrolysis) is 1. The molecule has 2 N–H and O–H groups in total. The number of fused-ring (bicyclic) bond motifs is 2. The van der Waals surface area contributed by atoms with Gasteiger partial charge in [0.2, 0.25) is 0 Å². The number of Topliss-reactive ketones (excluding diaryl/α,β-unsaturated/α-hetero) is 2. The maximum Gasteiger partial charge on any atom is 0.408 e. The van der Waals surface area contributed by atoms with Crippen LogP contribution in [0.4, 0.5) is 4.79 Å². The van der Waals surface area contributed by atoms with E-state index in [1.807, 2.05) is 68.4 Å². The van der Waals surface area contributed by atoms with Crippen molar-refractivity contribution in [2.45, 2.75) is 129 Å². The number of aromatic nitrogens is 1. The van der Waals surface area contributed by atoms with E-state index >= 15 is 0 Å². The topological polar surface area (TPSA) is 163 Å². The van der Waals surface area contributed by atoms with Crippen molar-refractivity contribution >= 4 is 40.6 Å². The second-order valence-electron chi connectivity index (χ2n) is 16.3. The molecule has 0 bridgehead atoms. The van der Waals surface area contributed by atoms with Crippen LogP contribution in [0.2, 0.25) is 0 Å². The van der Waals surface area contributed by atoms with Gasteiger partial charge in [0.25, 0.3) is 0 Å². The molecule has 0 unspecified atom stereocenters. The molecule has 3 saturated heterocycles. The molecule has 1 amide bonds. The van der Waals surface area contributed by atoms with E-state index in [1.165, 1.54) is 6.92 Å². The number of esters is 1. The zero-order chi connectivity index (χ0) is 40.4. The molecule has 13 nitrogen and oxygen atoms in total. The minimum Gasteiger partial charge on any atom is -0.458 e. The Labute approximate surface area is 324 Å². The van der Waals surface area contributed by atoms with E-state index < -0.39 is 83.4 Å². The van der Waals surface area contributed by atoms with Crippen LogP contribution in [0.1, 0.15) is 80.2 Å². The van der Waals surface area contributed by atoms with Crippen LogP contribution in [0.15, 0.2) is 42.6 Å². The summed E-state index contributed by atoms with van der Waals surface area (Å²) in [7, 11) is 3.74. The second-order valence-corrected chi connectivity index (χ2v) is 16.3. The van der Waals surface area contributed by atoms with Crippen molar-refractivity contribution in [2.75, 3.05) is 20.7 Å². The first-order valence-corrected chi connectivity index (χ1v) is 19.5. The zero-order valence-electron chi connectivity index (χ0n) is 33.8. The first-order valence-electron chi connectivity index (χ1n) is 19.5. The third kappa shape index (κ3) is 8.96. The summed E-state index contributed by atoms with van der Waals surface area (Å²) in [5.41, 5.74) is -0.976. The van der Waals surface area contributed by atoms with Gasteiger partial charge in [-0.2, -0.15) is 0 Å². The van der Waals surface area contributed by atoms with E-state index in [0.717, 1.165) is 16.5 Å². The van der Waals surface area contributed by atoms with Gasteiger partial charge in [0.05, 0.1) is 36.0 Å². The van der Waals surface area contributed by atoms with Crippen molar-refractivity contribution in [3.63, 3.8) is 0 Å². The molecule has 0 aliphatic carbocycles. The summed E-state index contributed by atoms with van der Waals surface area (Å²) in [6.45, 7) is 13.9. The Hall–Kier alpha value is -3.75. The molecule has 0 spiro atoms. The lowest BCUT2D eigenvalue weighted by molar-refractivity contribution is -0.296. The van der Waals surface area contributed by atoms with E-state index in [-0.39, 0.29) is 37.4 Å². The van der Waals surface area contributed by atoms with Gasteiger partial charge in [-0.15, -0.1) is 0 Å². The molecular weight excluding hydrogens is 706 g/mol. The summed E-state index contributed by atoms with van der Waals surface area (Å²) in [5.74, 6) is -5.11. The highest BCUT2D eigenvalue weighted by atomic mass is 16.7. The third-order valence-corrected chi connectivity index (χ3v) is 11.9. The highest BCUT2D eigenvalue weighted by Gasteiger charge is 2.57. The summed E-state index contributed by atoms with van der Waals surface area (Å²) < 4.78 is 31.4. The number of amides is 1. The molecule has 0 radical (unpaired) electrons. The van der Waals surface area contributed by atoms with Crippen molar-refractivity contribution in [2.24, 2.45) is 23.7 Å². The number of aliphatic hydroxyl groups is 1. The first kappa shape index (κ1) is 42.4. The molecular formula is C42H59N3O10. The average Bonchev–Trinajstić information content (AvgIpc) is 3.47. The molecule has 3 aliphatic heterocycles. The number of carbonyl (C=O) groups is 4. The highest BCUT2D eigenvalue weighted by Crippen LogP contribution is 2.40. The molecule has 3 aliphatic rings. The predicted molar refractivity (Wildman–Crippen MR) is 206 cm³/mol. The quantitative estimate of drug-likeness (QED) is 0.270. The highest BCUT2D eigenvalue weighted by molar-refractivity contribution is 6.00. The minimum absolute atomic E-state index is 0.0686. The van der Waals surface area contributed by atoms with Crippen LogP contribution in [0.5, 0.6) is 0 Å². The number of pyridine rings is 1. The number of ketones is 2. The van der Waals surface area contributed by atoms with Gasteiger partial charge in [-0.1, -0.05) is 58.0 Å². The molecule has 5 rings (SSSR count). The Bertz CT molecular complexity index is 1750. The van der Waals surface area contributed by atoms with Crippen molar-refractivity contribution in [1.82, 2.24) is 15.2 Å². The molecule has 1 aromatic carbocycles. The molecule has 13 atom stereocenters.